The monoisotopic (exact) mass is 420 g/mol. The van der Waals surface area contributed by atoms with Crippen molar-refractivity contribution in [3.05, 3.63) is 69.7 Å². The van der Waals surface area contributed by atoms with Crippen molar-refractivity contribution in [3.8, 4) is 23.3 Å². The van der Waals surface area contributed by atoms with Crippen molar-refractivity contribution < 1.29 is 0 Å². The molecule has 2 N–H and O–H groups in total. The van der Waals surface area contributed by atoms with Crippen LogP contribution in [0.15, 0.2) is 62.9 Å². The SMILES string of the molecule is Cc1ccc(Sc2nc(N)c(C#N)c(-c3ccc(Br)cc3)c2C#N)cc1. The van der Waals surface area contributed by atoms with Gasteiger partial charge in [-0.15, -0.1) is 0 Å². The van der Waals surface area contributed by atoms with E-state index in [0.29, 0.717) is 16.2 Å². The minimum absolute atomic E-state index is 0.124. The van der Waals surface area contributed by atoms with E-state index in [1.807, 2.05) is 55.5 Å². The van der Waals surface area contributed by atoms with Crippen LogP contribution in [0, 0.1) is 29.6 Å². The summed E-state index contributed by atoms with van der Waals surface area (Å²) in [5.74, 6) is 0.124. The molecule has 3 aromatic rings. The fourth-order valence-electron chi connectivity index (χ4n) is 2.50. The van der Waals surface area contributed by atoms with Gasteiger partial charge < -0.3 is 5.73 Å². The van der Waals surface area contributed by atoms with Crippen LogP contribution in [0.3, 0.4) is 0 Å². The quantitative estimate of drug-likeness (QED) is 0.621. The Morgan fingerprint density at radius 2 is 1.58 bits per heavy atom. The van der Waals surface area contributed by atoms with Crippen LogP contribution in [0.2, 0.25) is 0 Å². The number of anilines is 1. The van der Waals surface area contributed by atoms with Crippen molar-refractivity contribution in [2.75, 3.05) is 5.73 Å². The van der Waals surface area contributed by atoms with Crippen molar-refractivity contribution in [2.45, 2.75) is 16.8 Å². The summed E-state index contributed by atoms with van der Waals surface area (Å²) < 4.78 is 0.912. The van der Waals surface area contributed by atoms with E-state index in [9.17, 15) is 10.5 Å². The fraction of sp³-hybridized carbons (Fsp3) is 0.0500. The van der Waals surface area contributed by atoms with Crippen LogP contribution in [0.5, 0.6) is 0 Å². The Labute approximate surface area is 164 Å². The maximum absolute atomic E-state index is 9.79. The predicted octanol–water partition coefficient (Wildman–Crippen LogP) is 5.30. The second-order valence-corrected chi connectivity index (χ2v) is 7.55. The zero-order chi connectivity index (χ0) is 18.7. The van der Waals surface area contributed by atoms with Crippen molar-refractivity contribution >= 4 is 33.5 Å². The molecular formula is C20H13BrN4S. The number of hydrogen-bond donors (Lipinski definition) is 1. The van der Waals surface area contributed by atoms with Gasteiger partial charge in [0.1, 0.15) is 28.5 Å². The van der Waals surface area contributed by atoms with Gasteiger partial charge in [-0.3, -0.25) is 0 Å². The highest BCUT2D eigenvalue weighted by Gasteiger charge is 2.20. The van der Waals surface area contributed by atoms with E-state index in [1.54, 1.807) is 0 Å². The van der Waals surface area contributed by atoms with Gasteiger partial charge >= 0.3 is 0 Å². The molecule has 6 heteroatoms. The number of pyridine rings is 1. The third kappa shape index (κ3) is 3.57. The highest BCUT2D eigenvalue weighted by molar-refractivity contribution is 9.10. The van der Waals surface area contributed by atoms with Gasteiger partial charge in [-0.1, -0.05) is 57.5 Å². The lowest BCUT2D eigenvalue weighted by Crippen LogP contribution is -2.03. The largest absolute Gasteiger partial charge is 0.383 e. The van der Waals surface area contributed by atoms with E-state index in [1.165, 1.54) is 11.8 Å². The molecular weight excluding hydrogens is 408 g/mol. The molecule has 0 fully saturated rings. The minimum atomic E-state index is 0.124. The molecule has 0 aliphatic carbocycles. The lowest BCUT2D eigenvalue weighted by Gasteiger charge is -2.13. The van der Waals surface area contributed by atoms with Crippen LogP contribution in [-0.4, -0.2) is 4.98 Å². The summed E-state index contributed by atoms with van der Waals surface area (Å²) >= 11 is 4.76. The van der Waals surface area contributed by atoms with Crippen LogP contribution in [0.4, 0.5) is 5.82 Å². The fourth-order valence-corrected chi connectivity index (χ4v) is 3.65. The minimum Gasteiger partial charge on any atom is -0.383 e. The van der Waals surface area contributed by atoms with Gasteiger partial charge in [0.05, 0.1) is 5.56 Å². The summed E-state index contributed by atoms with van der Waals surface area (Å²) in [7, 11) is 0. The molecule has 0 saturated carbocycles. The Morgan fingerprint density at radius 1 is 0.962 bits per heavy atom. The molecule has 0 aliphatic rings. The maximum Gasteiger partial charge on any atom is 0.143 e. The van der Waals surface area contributed by atoms with Gasteiger partial charge in [0, 0.05) is 14.9 Å². The van der Waals surface area contributed by atoms with E-state index in [-0.39, 0.29) is 11.4 Å². The first-order valence-electron chi connectivity index (χ1n) is 7.67. The number of aryl methyl sites for hydroxylation is 1. The van der Waals surface area contributed by atoms with Gasteiger partial charge in [-0.2, -0.15) is 10.5 Å². The lowest BCUT2D eigenvalue weighted by atomic mass is 9.97. The number of nitrogens with two attached hydrogens (primary N) is 1. The van der Waals surface area contributed by atoms with Crippen LogP contribution in [0.25, 0.3) is 11.1 Å². The first-order valence-corrected chi connectivity index (χ1v) is 9.28. The normalized spacial score (nSPS) is 10.2. The van der Waals surface area contributed by atoms with Crippen LogP contribution < -0.4 is 5.73 Å². The van der Waals surface area contributed by atoms with E-state index in [2.05, 4.69) is 33.1 Å². The number of halogens is 1. The Balaban J connectivity index is 2.21. The molecule has 1 heterocycles. The zero-order valence-corrected chi connectivity index (χ0v) is 16.2. The van der Waals surface area contributed by atoms with Crippen molar-refractivity contribution in [3.63, 3.8) is 0 Å². The number of rotatable bonds is 3. The maximum atomic E-state index is 9.79. The molecule has 1 aromatic heterocycles. The highest BCUT2D eigenvalue weighted by Crippen LogP contribution is 2.38. The van der Waals surface area contributed by atoms with E-state index in [0.717, 1.165) is 20.5 Å². The van der Waals surface area contributed by atoms with Gasteiger partial charge in [-0.25, -0.2) is 4.98 Å². The number of benzene rings is 2. The average Bonchev–Trinajstić information content (AvgIpc) is 2.64. The molecule has 0 saturated heterocycles. The molecule has 3 rings (SSSR count). The Bertz CT molecular complexity index is 1050. The van der Waals surface area contributed by atoms with Crippen LogP contribution in [-0.2, 0) is 0 Å². The van der Waals surface area contributed by atoms with E-state index in [4.69, 9.17) is 5.73 Å². The zero-order valence-electron chi connectivity index (χ0n) is 13.8. The molecule has 126 valence electrons. The first-order chi connectivity index (χ1) is 12.5. The number of nitriles is 2. The van der Waals surface area contributed by atoms with Crippen LogP contribution >= 0.6 is 27.7 Å². The van der Waals surface area contributed by atoms with Gasteiger partial charge in [0.15, 0.2) is 0 Å². The Morgan fingerprint density at radius 3 is 2.15 bits per heavy atom. The Kier molecular flexibility index (Phi) is 5.27. The molecule has 4 nitrogen and oxygen atoms in total. The predicted molar refractivity (Wildman–Crippen MR) is 107 cm³/mol. The van der Waals surface area contributed by atoms with Crippen molar-refractivity contribution in [1.82, 2.24) is 4.98 Å². The summed E-state index contributed by atoms with van der Waals surface area (Å²) in [6.45, 7) is 2.01. The summed E-state index contributed by atoms with van der Waals surface area (Å²) in [4.78, 5) is 5.27. The summed E-state index contributed by atoms with van der Waals surface area (Å²) in [5, 5.41) is 19.8. The van der Waals surface area contributed by atoms with E-state index >= 15 is 0 Å². The second kappa shape index (κ2) is 7.61. The molecule has 2 aromatic carbocycles. The molecule has 0 atom stereocenters. The molecule has 0 amide bonds. The summed E-state index contributed by atoms with van der Waals surface area (Å²) in [5.41, 5.74) is 9.03. The molecule has 0 bridgehead atoms. The lowest BCUT2D eigenvalue weighted by molar-refractivity contribution is 1.11. The van der Waals surface area contributed by atoms with E-state index < -0.39 is 0 Å². The number of aromatic nitrogens is 1. The molecule has 0 aliphatic heterocycles. The smallest absolute Gasteiger partial charge is 0.143 e. The van der Waals surface area contributed by atoms with Crippen LogP contribution in [0.1, 0.15) is 16.7 Å². The van der Waals surface area contributed by atoms with Gasteiger partial charge in [0.25, 0.3) is 0 Å². The average molecular weight is 421 g/mol. The third-order valence-corrected chi connectivity index (χ3v) is 5.31. The number of hydrogen-bond acceptors (Lipinski definition) is 5. The molecule has 0 spiro atoms. The third-order valence-electron chi connectivity index (χ3n) is 3.78. The summed E-state index contributed by atoms with van der Waals surface area (Å²) in [6.07, 6.45) is 0. The number of nitrogen functional groups attached to an aromatic ring is 1. The number of nitrogens with zero attached hydrogens (tertiary/aromatic N) is 3. The van der Waals surface area contributed by atoms with Crippen molar-refractivity contribution in [1.29, 1.82) is 10.5 Å². The standard InChI is InChI=1S/C20H13BrN4S/c1-12-2-8-15(9-3-12)26-20-17(11-23)18(16(10-22)19(24)25-20)13-4-6-14(21)7-5-13/h2-9H,1H3,(H2,24,25). The Hall–Kier alpha value is -2.80. The highest BCUT2D eigenvalue weighted by atomic mass is 79.9. The summed E-state index contributed by atoms with van der Waals surface area (Å²) in [6, 6.07) is 19.7. The topological polar surface area (TPSA) is 86.5 Å². The second-order valence-electron chi connectivity index (χ2n) is 5.57. The van der Waals surface area contributed by atoms with Gasteiger partial charge in [-0.05, 0) is 36.8 Å². The molecule has 0 unspecified atom stereocenters. The molecule has 0 radical (unpaired) electrons. The van der Waals surface area contributed by atoms with Crippen molar-refractivity contribution in [2.24, 2.45) is 0 Å². The van der Waals surface area contributed by atoms with Gasteiger partial charge in [0.2, 0.25) is 0 Å². The molecule has 26 heavy (non-hydrogen) atoms. The first kappa shape index (κ1) is 18.0.